The summed E-state index contributed by atoms with van der Waals surface area (Å²) in [4.78, 5) is 0. The van der Waals surface area contributed by atoms with Crippen LogP contribution in [-0.2, 0) is 0 Å². The van der Waals surface area contributed by atoms with Gasteiger partial charge in [-0.2, -0.15) is 10.3 Å². The van der Waals surface area contributed by atoms with Gasteiger partial charge in [-0.15, -0.1) is 0 Å². The van der Waals surface area contributed by atoms with E-state index in [2.05, 4.69) is 11.6 Å². The quantitative estimate of drug-likeness (QED) is 0.446. The molecule has 1 heterocycles. The highest BCUT2D eigenvalue weighted by atomic mass is 15.5. The van der Waals surface area contributed by atoms with Crippen molar-refractivity contribution in [2.75, 3.05) is 0 Å². The van der Waals surface area contributed by atoms with Crippen LogP contribution in [0.3, 0.4) is 0 Å². The molecule has 1 aliphatic rings. The molecule has 0 amide bonds. The Morgan fingerprint density at radius 2 is 2.62 bits per heavy atom. The molecule has 0 saturated carbocycles. The van der Waals surface area contributed by atoms with Gasteiger partial charge in [0.25, 0.3) is 0 Å². The number of rotatable bonds is 0. The lowest BCUT2D eigenvalue weighted by Gasteiger charge is -2.09. The van der Waals surface area contributed by atoms with Crippen molar-refractivity contribution in [1.82, 2.24) is 10.4 Å². The lowest BCUT2D eigenvalue weighted by Crippen LogP contribution is -2.25. The van der Waals surface area contributed by atoms with Crippen LogP contribution in [0.15, 0.2) is 18.4 Å². The minimum Gasteiger partial charge on any atom is -0.292 e. The zero-order chi connectivity index (χ0) is 5.82. The summed E-state index contributed by atoms with van der Waals surface area (Å²) in [5.74, 6) is 0. The van der Waals surface area contributed by atoms with E-state index in [0.717, 1.165) is 0 Å². The molecule has 0 spiro atoms. The predicted octanol–water partition coefficient (Wildman–Crippen LogP) is 0.118. The van der Waals surface area contributed by atoms with E-state index in [-0.39, 0.29) is 0 Å². The molecular weight excluding hydrogens is 102 g/mol. The zero-order valence-electron chi connectivity index (χ0n) is 4.13. The Bertz CT molecular complexity index is 163. The first-order valence-corrected chi connectivity index (χ1v) is 2.14. The Morgan fingerprint density at radius 1 is 1.75 bits per heavy atom. The lowest BCUT2D eigenvalue weighted by atomic mass is 10.5. The van der Waals surface area contributed by atoms with Crippen LogP contribution in [0.4, 0.5) is 0 Å². The lowest BCUT2D eigenvalue weighted by molar-refractivity contribution is 0.426. The van der Waals surface area contributed by atoms with Crippen LogP contribution in [0.25, 0.3) is 0 Å². The van der Waals surface area contributed by atoms with Crippen LogP contribution in [0.2, 0.25) is 0 Å². The molecule has 8 heavy (non-hydrogen) atoms. The molecule has 1 rings (SSSR count). The maximum absolute atomic E-state index is 8.19. The van der Waals surface area contributed by atoms with Gasteiger partial charge < -0.3 is 0 Å². The molecule has 0 saturated heterocycles. The average molecular weight is 106 g/mol. The Kier molecular flexibility index (Phi) is 1.20. The molecule has 0 aromatic rings. The summed E-state index contributed by atoms with van der Waals surface area (Å²) in [6.45, 7) is 0. The highest BCUT2D eigenvalue weighted by molar-refractivity contribution is 5.03. The van der Waals surface area contributed by atoms with E-state index in [9.17, 15) is 0 Å². The summed E-state index contributed by atoms with van der Waals surface area (Å²) in [6, 6.07) is 0. The van der Waals surface area contributed by atoms with Crippen molar-refractivity contribution >= 4 is 0 Å². The molecule has 0 aromatic carbocycles. The third-order valence-corrected chi connectivity index (χ3v) is 0.700. The molecule has 0 aromatic heterocycles. The zero-order valence-corrected chi connectivity index (χ0v) is 4.13. The fourth-order valence-electron chi connectivity index (χ4n) is 0.378. The van der Waals surface area contributed by atoms with E-state index in [1.54, 1.807) is 18.4 Å². The second-order valence-corrected chi connectivity index (χ2v) is 1.22. The van der Waals surface area contributed by atoms with Crippen molar-refractivity contribution in [3.05, 3.63) is 24.6 Å². The molecule has 39 valence electrons. The molecule has 3 heteroatoms. The Morgan fingerprint density at radius 3 is 3.00 bits per heavy atom. The first kappa shape index (κ1) is 4.72. The summed E-state index contributed by atoms with van der Waals surface area (Å²) < 4.78 is 0. The Balaban J connectivity index is 2.55. The van der Waals surface area contributed by atoms with E-state index in [4.69, 9.17) is 5.26 Å². The number of hydrogen-bond acceptors (Lipinski definition) is 3. The number of hydrazine groups is 1. The summed E-state index contributed by atoms with van der Waals surface area (Å²) in [6.07, 6.45) is 9.51. The first-order valence-electron chi connectivity index (χ1n) is 2.14. The van der Waals surface area contributed by atoms with Crippen LogP contribution in [0, 0.1) is 17.7 Å². The van der Waals surface area contributed by atoms with Crippen LogP contribution in [0.1, 0.15) is 0 Å². The number of allylic oxidation sites excluding steroid dienone is 2. The van der Waals surface area contributed by atoms with Gasteiger partial charge in [-0.3, -0.25) is 5.43 Å². The second kappa shape index (κ2) is 2.03. The molecule has 1 N–H and O–H groups in total. The van der Waals surface area contributed by atoms with Crippen LogP contribution in [-0.4, -0.2) is 5.01 Å². The van der Waals surface area contributed by atoms with E-state index in [1.165, 1.54) is 5.01 Å². The Labute approximate surface area is 47.5 Å². The van der Waals surface area contributed by atoms with Crippen LogP contribution >= 0.6 is 0 Å². The minimum absolute atomic E-state index is 1.18. The molecule has 0 bridgehead atoms. The van der Waals surface area contributed by atoms with E-state index in [0.29, 0.717) is 0 Å². The second-order valence-electron chi connectivity index (χ2n) is 1.22. The first-order chi connectivity index (χ1) is 3.93. The van der Waals surface area contributed by atoms with Gasteiger partial charge in [0, 0.05) is 6.20 Å². The van der Waals surface area contributed by atoms with E-state index < -0.39 is 0 Å². The number of nitriles is 1. The number of hydrogen-bond donors (Lipinski definition) is 1. The topological polar surface area (TPSA) is 39.1 Å². The van der Waals surface area contributed by atoms with Gasteiger partial charge in [0.05, 0.1) is 0 Å². The Hall–Kier alpha value is -1.43. The van der Waals surface area contributed by atoms with Crippen LogP contribution < -0.4 is 5.43 Å². The minimum atomic E-state index is 1.18. The summed E-state index contributed by atoms with van der Waals surface area (Å²) >= 11 is 0. The molecule has 0 unspecified atom stereocenters. The fraction of sp³-hybridized carbons (Fsp3) is 0. The van der Waals surface area contributed by atoms with Gasteiger partial charge in [-0.25, -0.2) is 0 Å². The molecular formula is C5H4N3. The number of nitrogens with one attached hydrogen (secondary N) is 1. The molecule has 3 nitrogen and oxygen atoms in total. The van der Waals surface area contributed by atoms with Crippen molar-refractivity contribution in [3.63, 3.8) is 0 Å². The smallest absolute Gasteiger partial charge is 0.205 e. The van der Waals surface area contributed by atoms with E-state index >= 15 is 0 Å². The highest BCUT2D eigenvalue weighted by Gasteiger charge is 1.91. The van der Waals surface area contributed by atoms with E-state index in [1.807, 2.05) is 6.19 Å². The van der Waals surface area contributed by atoms with Gasteiger partial charge in [0.2, 0.25) is 6.19 Å². The SMILES string of the molecule is N#CN1[C]=CC=CN1. The summed E-state index contributed by atoms with van der Waals surface area (Å²) in [5.41, 5.74) is 2.62. The van der Waals surface area contributed by atoms with Crippen molar-refractivity contribution < 1.29 is 0 Å². The van der Waals surface area contributed by atoms with Crippen LogP contribution in [0.5, 0.6) is 0 Å². The fourth-order valence-corrected chi connectivity index (χ4v) is 0.378. The van der Waals surface area contributed by atoms with Gasteiger partial charge >= 0.3 is 0 Å². The van der Waals surface area contributed by atoms with Crippen molar-refractivity contribution in [1.29, 1.82) is 5.26 Å². The predicted molar refractivity (Wildman–Crippen MR) is 27.5 cm³/mol. The molecule has 1 radical (unpaired) electrons. The van der Waals surface area contributed by atoms with Crippen molar-refractivity contribution in [2.24, 2.45) is 0 Å². The van der Waals surface area contributed by atoms with Gasteiger partial charge in [0.15, 0.2) is 0 Å². The van der Waals surface area contributed by atoms with Gasteiger partial charge in [-0.1, -0.05) is 0 Å². The molecule has 1 aliphatic heterocycles. The van der Waals surface area contributed by atoms with Crippen molar-refractivity contribution in [3.8, 4) is 6.19 Å². The number of nitrogens with zero attached hydrogens (tertiary/aromatic N) is 2. The highest BCUT2D eigenvalue weighted by Crippen LogP contribution is 1.86. The molecule has 0 atom stereocenters. The molecule has 0 fully saturated rings. The monoisotopic (exact) mass is 106 g/mol. The maximum atomic E-state index is 8.19. The maximum Gasteiger partial charge on any atom is 0.205 e. The van der Waals surface area contributed by atoms with Gasteiger partial charge in [0.1, 0.15) is 6.20 Å². The molecule has 0 aliphatic carbocycles. The van der Waals surface area contributed by atoms with Gasteiger partial charge in [-0.05, 0) is 12.2 Å². The summed E-state index contributed by atoms with van der Waals surface area (Å²) in [5, 5.41) is 9.37. The third-order valence-electron chi connectivity index (χ3n) is 0.700. The average Bonchev–Trinajstić information content (AvgIpc) is 1.90. The van der Waals surface area contributed by atoms with Crippen molar-refractivity contribution in [2.45, 2.75) is 0 Å². The standard InChI is InChI=1S/C5H4N3/c6-5-8-4-2-1-3-7-8/h1-3,7H. The largest absolute Gasteiger partial charge is 0.292 e. The summed E-state index contributed by atoms with van der Waals surface area (Å²) in [7, 11) is 0. The normalized spacial score (nSPS) is 15.1. The third kappa shape index (κ3) is 0.793.